The molecule has 1 aliphatic heterocycles. The molecular formula is C15H17ClFN3O. The molecule has 3 rings (SSSR count). The number of hydrogen-bond donors (Lipinski definition) is 2. The van der Waals surface area contributed by atoms with Crippen LogP contribution in [0.3, 0.4) is 0 Å². The molecule has 1 saturated heterocycles. The molecule has 0 aliphatic carbocycles. The molecule has 0 bridgehead atoms. The number of hydrogen-bond acceptors (Lipinski definition) is 2. The number of nitrogens with zero attached hydrogens (tertiary/aromatic N) is 1. The number of H-pyrrole nitrogens is 1. The van der Waals surface area contributed by atoms with E-state index in [2.05, 4.69) is 10.3 Å². The van der Waals surface area contributed by atoms with Gasteiger partial charge >= 0.3 is 0 Å². The zero-order valence-corrected chi connectivity index (χ0v) is 12.2. The number of nitrogens with one attached hydrogen (secondary N) is 2. The quantitative estimate of drug-likeness (QED) is 0.894. The average Bonchev–Trinajstić information content (AvgIpc) is 3.01. The van der Waals surface area contributed by atoms with Crippen LogP contribution in [0.15, 0.2) is 42.6 Å². The van der Waals surface area contributed by atoms with Gasteiger partial charge in [-0.05, 0) is 29.8 Å². The highest BCUT2D eigenvalue weighted by Crippen LogP contribution is 2.24. The molecule has 4 nitrogen and oxygen atoms in total. The van der Waals surface area contributed by atoms with Crippen LogP contribution < -0.4 is 5.32 Å². The van der Waals surface area contributed by atoms with Crippen LogP contribution in [0.2, 0.25) is 0 Å². The molecule has 21 heavy (non-hydrogen) atoms. The Morgan fingerprint density at radius 2 is 2.14 bits per heavy atom. The first kappa shape index (κ1) is 15.5. The third-order valence-electron chi connectivity index (χ3n) is 3.57. The minimum absolute atomic E-state index is 0. The molecule has 1 atom stereocenters. The summed E-state index contributed by atoms with van der Waals surface area (Å²) in [6.45, 7) is 1.99. The van der Waals surface area contributed by atoms with E-state index in [0.29, 0.717) is 18.8 Å². The largest absolute Gasteiger partial charge is 0.357 e. The van der Waals surface area contributed by atoms with E-state index in [1.165, 1.54) is 12.1 Å². The summed E-state index contributed by atoms with van der Waals surface area (Å²) in [5.41, 5.74) is 1.38. The zero-order valence-electron chi connectivity index (χ0n) is 11.4. The van der Waals surface area contributed by atoms with E-state index in [4.69, 9.17) is 0 Å². The summed E-state index contributed by atoms with van der Waals surface area (Å²) < 4.78 is 13.4. The topological polar surface area (TPSA) is 48.1 Å². The second-order valence-electron chi connectivity index (χ2n) is 4.86. The van der Waals surface area contributed by atoms with E-state index in [-0.39, 0.29) is 30.2 Å². The zero-order chi connectivity index (χ0) is 13.9. The first-order chi connectivity index (χ1) is 9.75. The molecule has 2 heterocycles. The van der Waals surface area contributed by atoms with Crippen LogP contribution in [-0.4, -0.2) is 35.4 Å². The van der Waals surface area contributed by atoms with E-state index in [0.717, 1.165) is 12.1 Å². The summed E-state index contributed by atoms with van der Waals surface area (Å²) in [5, 5.41) is 3.26. The van der Waals surface area contributed by atoms with E-state index >= 15 is 0 Å². The molecule has 1 unspecified atom stereocenters. The highest BCUT2D eigenvalue weighted by molar-refractivity contribution is 5.92. The number of carbonyl (C=O) groups excluding carboxylic acids is 1. The summed E-state index contributed by atoms with van der Waals surface area (Å²) in [7, 11) is 0. The maximum absolute atomic E-state index is 13.4. The Balaban J connectivity index is 0.00000161. The van der Waals surface area contributed by atoms with Gasteiger partial charge in [-0.15, -0.1) is 12.4 Å². The van der Waals surface area contributed by atoms with E-state index in [1.54, 1.807) is 29.3 Å². The van der Waals surface area contributed by atoms with Crippen molar-refractivity contribution in [1.82, 2.24) is 15.2 Å². The summed E-state index contributed by atoms with van der Waals surface area (Å²) >= 11 is 0. The van der Waals surface area contributed by atoms with Crippen molar-refractivity contribution in [2.45, 2.75) is 6.04 Å². The number of rotatable bonds is 2. The van der Waals surface area contributed by atoms with Gasteiger partial charge in [0.05, 0.1) is 6.04 Å². The summed E-state index contributed by atoms with van der Waals surface area (Å²) in [4.78, 5) is 17.2. The number of carbonyl (C=O) groups is 1. The van der Waals surface area contributed by atoms with Gasteiger partial charge in [-0.3, -0.25) is 4.79 Å². The first-order valence-electron chi connectivity index (χ1n) is 6.66. The van der Waals surface area contributed by atoms with Crippen LogP contribution >= 0.6 is 12.4 Å². The van der Waals surface area contributed by atoms with Crippen LogP contribution in [0.25, 0.3) is 0 Å². The fourth-order valence-electron chi connectivity index (χ4n) is 2.58. The third kappa shape index (κ3) is 3.25. The molecule has 1 aromatic heterocycles. The monoisotopic (exact) mass is 309 g/mol. The fourth-order valence-corrected chi connectivity index (χ4v) is 2.58. The molecule has 0 saturated carbocycles. The van der Waals surface area contributed by atoms with Crippen molar-refractivity contribution in [3.8, 4) is 0 Å². The molecule has 1 amide bonds. The number of benzene rings is 1. The van der Waals surface area contributed by atoms with Crippen molar-refractivity contribution in [3.63, 3.8) is 0 Å². The Bertz CT molecular complexity index is 603. The summed E-state index contributed by atoms with van der Waals surface area (Å²) in [5.74, 6) is -0.328. The molecule has 1 aromatic carbocycles. The van der Waals surface area contributed by atoms with Crippen molar-refractivity contribution in [2.75, 3.05) is 19.6 Å². The van der Waals surface area contributed by atoms with Crippen LogP contribution in [-0.2, 0) is 0 Å². The maximum atomic E-state index is 13.4. The Hall–Kier alpha value is -1.85. The van der Waals surface area contributed by atoms with Crippen molar-refractivity contribution >= 4 is 18.3 Å². The smallest absolute Gasteiger partial charge is 0.270 e. The van der Waals surface area contributed by atoms with Crippen LogP contribution in [0.1, 0.15) is 22.1 Å². The Morgan fingerprint density at radius 3 is 2.86 bits per heavy atom. The molecule has 2 aromatic rings. The van der Waals surface area contributed by atoms with Crippen molar-refractivity contribution in [2.24, 2.45) is 0 Å². The second kappa shape index (κ2) is 6.74. The highest BCUT2D eigenvalue weighted by atomic mass is 35.5. The highest BCUT2D eigenvalue weighted by Gasteiger charge is 2.29. The van der Waals surface area contributed by atoms with Crippen molar-refractivity contribution in [1.29, 1.82) is 0 Å². The van der Waals surface area contributed by atoms with Crippen LogP contribution in [0.5, 0.6) is 0 Å². The molecule has 0 radical (unpaired) electrons. The lowest BCUT2D eigenvalue weighted by Crippen LogP contribution is -2.48. The van der Waals surface area contributed by atoms with E-state index in [9.17, 15) is 9.18 Å². The van der Waals surface area contributed by atoms with E-state index < -0.39 is 0 Å². The van der Waals surface area contributed by atoms with Gasteiger partial charge in [-0.2, -0.15) is 0 Å². The SMILES string of the molecule is Cl.O=C(c1ccc[nH]1)N1CCNCC1c1cccc(F)c1. The fraction of sp³-hybridized carbons (Fsp3) is 0.267. The summed E-state index contributed by atoms with van der Waals surface area (Å²) in [6, 6.07) is 9.85. The lowest BCUT2D eigenvalue weighted by Gasteiger charge is -2.36. The Morgan fingerprint density at radius 1 is 1.29 bits per heavy atom. The van der Waals surface area contributed by atoms with Crippen molar-refractivity contribution < 1.29 is 9.18 Å². The van der Waals surface area contributed by atoms with Gasteiger partial charge in [0.1, 0.15) is 11.5 Å². The first-order valence-corrected chi connectivity index (χ1v) is 6.66. The molecule has 0 spiro atoms. The summed E-state index contributed by atoms with van der Waals surface area (Å²) in [6.07, 6.45) is 1.73. The van der Waals surface area contributed by atoms with Crippen molar-refractivity contribution in [3.05, 3.63) is 59.7 Å². The molecule has 2 N–H and O–H groups in total. The lowest BCUT2D eigenvalue weighted by atomic mass is 10.0. The standard InChI is InChI=1S/C15H16FN3O.ClH/c16-12-4-1-3-11(9-12)14-10-17-7-8-19(14)15(20)13-5-2-6-18-13;/h1-6,9,14,17-18H,7-8,10H2;1H. The van der Waals surface area contributed by atoms with Gasteiger partial charge in [0.15, 0.2) is 0 Å². The number of halogens is 2. The van der Waals surface area contributed by atoms with Gasteiger partial charge in [0.2, 0.25) is 0 Å². The Kier molecular flexibility index (Phi) is 4.98. The third-order valence-corrected chi connectivity index (χ3v) is 3.57. The predicted octanol–water partition coefficient (Wildman–Crippen LogP) is 2.36. The van der Waals surface area contributed by atoms with E-state index in [1.807, 2.05) is 6.07 Å². The average molecular weight is 310 g/mol. The van der Waals surface area contributed by atoms with Crippen LogP contribution in [0, 0.1) is 5.82 Å². The maximum Gasteiger partial charge on any atom is 0.270 e. The van der Waals surface area contributed by atoms with Crippen LogP contribution in [0.4, 0.5) is 4.39 Å². The van der Waals surface area contributed by atoms with Gasteiger partial charge in [0.25, 0.3) is 5.91 Å². The molecular weight excluding hydrogens is 293 g/mol. The number of aromatic amines is 1. The molecule has 112 valence electrons. The van der Waals surface area contributed by atoms with Gasteiger partial charge in [-0.25, -0.2) is 4.39 Å². The van der Waals surface area contributed by atoms with Gasteiger partial charge < -0.3 is 15.2 Å². The Labute approximate surface area is 128 Å². The number of amides is 1. The minimum atomic E-state index is -0.277. The lowest BCUT2D eigenvalue weighted by molar-refractivity contribution is 0.0628. The molecule has 1 aliphatic rings. The van der Waals surface area contributed by atoms with Gasteiger partial charge in [-0.1, -0.05) is 12.1 Å². The normalized spacial score (nSPS) is 18.1. The molecule has 6 heteroatoms. The predicted molar refractivity (Wildman–Crippen MR) is 81.1 cm³/mol. The number of piperazine rings is 1. The second-order valence-corrected chi connectivity index (χ2v) is 4.86. The molecule has 1 fully saturated rings. The minimum Gasteiger partial charge on any atom is -0.357 e. The number of aromatic nitrogens is 1. The van der Waals surface area contributed by atoms with Gasteiger partial charge in [0, 0.05) is 25.8 Å².